The summed E-state index contributed by atoms with van der Waals surface area (Å²) < 4.78 is 0. The second-order valence-corrected chi connectivity index (χ2v) is 4.83. The standard InChI is InChI=1S/C13H24N2/c1-3-5-13-6-4-10-15(11-8-13)12(2)7-9-14/h12-13H,3-8,10-11H2,1-2H3. The summed E-state index contributed by atoms with van der Waals surface area (Å²) in [5.41, 5.74) is 0. The maximum atomic E-state index is 8.70. The van der Waals surface area contributed by atoms with Crippen LogP contribution in [0.3, 0.4) is 0 Å². The monoisotopic (exact) mass is 208 g/mol. The molecule has 0 aromatic heterocycles. The molecule has 1 fully saturated rings. The van der Waals surface area contributed by atoms with Gasteiger partial charge in [0.2, 0.25) is 0 Å². The minimum absolute atomic E-state index is 0.454. The highest BCUT2D eigenvalue weighted by Gasteiger charge is 2.19. The summed E-state index contributed by atoms with van der Waals surface area (Å²) in [6.07, 6.45) is 7.44. The van der Waals surface area contributed by atoms with Gasteiger partial charge in [0.05, 0.1) is 12.5 Å². The normalized spacial score (nSPS) is 25.5. The maximum absolute atomic E-state index is 8.70. The van der Waals surface area contributed by atoms with E-state index in [2.05, 4.69) is 24.8 Å². The Morgan fingerprint density at radius 3 is 2.87 bits per heavy atom. The summed E-state index contributed by atoms with van der Waals surface area (Å²) in [6, 6.07) is 2.73. The average Bonchev–Trinajstić information content (AvgIpc) is 2.44. The Kier molecular flexibility index (Phi) is 5.71. The number of rotatable bonds is 4. The van der Waals surface area contributed by atoms with E-state index in [1.807, 2.05) is 0 Å². The van der Waals surface area contributed by atoms with Crippen LogP contribution in [0.1, 0.15) is 52.4 Å². The van der Waals surface area contributed by atoms with E-state index >= 15 is 0 Å². The Morgan fingerprint density at radius 1 is 1.40 bits per heavy atom. The summed E-state index contributed by atoms with van der Waals surface area (Å²) in [7, 11) is 0. The van der Waals surface area contributed by atoms with Gasteiger partial charge in [0.1, 0.15) is 0 Å². The third kappa shape index (κ3) is 4.22. The lowest BCUT2D eigenvalue weighted by Crippen LogP contribution is -2.33. The fraction of sp³-hybridized carbons (Fsp3) is 0.923. The van der Waals surface area contributed by atoms with Crippen molar-refractivity contribution in [2.24, 2.45) is 5.92 Å². The zero-order chi connectivity index (χ0) is 11.1. The molecule has 1 heterocycles. The quantitative estimate of drug-likeness (QED) is 0.709. The lowest BCUT2D eigenvalue weighted by Gasteiger charge is -2.25. The predicted octanol–water partition coefficient (Wildman–Crippen LogP) is 3.19. The average molecular weight is 208 g/mol. The molecule has 1 rings (SSSR count). The smallest absolute Gasteiger partial charge is 0.0638 e. The molecule has 0 aromatic carbocycles. The lowest BCUT2D eigenvalue weighted by atomic mass is 9.96. The van der Waals surface area contributed by atoms with Gasteiger partial charge < -0.3 is 0 Å². The molecule has 0 spiro atoms. The Morgan fingerprint density at radius 2 is 2.20 bits per heavy atom. The summed E-state index contributed by atoms with van der Waals surface area (Å²) in [4.78, 5) is 2.50. The van der Waals surface area contributed by atoms with Crippen molar-refractivity contribution in [2.75, 3.05) is 13.1 Å². The summed E-state index contributed by atoms with van der Waals surface area (Å²) >= 11 is 0. The number of likely N-dealkylation sites (tertiary alicyclic amines) is 1. The second-order valence-electron chi connectivity index (χ2n) is 4.83. The molecule has 2 atom stereocenters. The van der Waals surface area contributed by atoms with Crippen LogP contribution in [-0.2, 0) is 0 Å². The van der Waals surface area contributed by atoms with Crippen molar-refractivity contribution in [2.45, 2.75) is 58.4 Å². The van der Waals surface area contributed by atoms with Crippen molar-refractivity contribution in [3.8, 4) is 6.07 Å². The Bertz CT molecular complexity index is 207. The highest BCUT2D eigenvalue weighted by Crippen LogP contribution is 2.23. The molecule has 15 heavy (non-hydrogen) atoms. The van der Waals surface area contributed by atoms with Crippen LogP contribution in [0, 0.1) is 17.2 Å². The van der Waals surface area contributed by atoms with E-state index in [9.17, 15) is 0 Å². The molecule has 1 aliphatic rings. The molecule has 86 valence electrons. The predicted molar refractivity (Wildman–Crippen MR) is 63.5 cm³/mol. The first-order chi connectivity index (χ1) is 7.27. The number of nitriles is 1. The van der Waals surface area contributed by atoms with Gasteiger partial charge in [-0.3, -0.25) is 4.90 Å². The number of hydrogen-bond donors (Lipinski definition) is 0. The van der Waals surface area contributed by atoms with Gasteiger partial charge >= 0.3 is 0 Å². The van der Waals surface area contributed by atoms with E-state index < -0.39 is 0 Å². The molecule has 0 radical (unpaired) electrons. The van der Waals surface area contributed by atoms with Gasteiger partial charge in [0.25, 0.3) is 0 Å². The van der Waals surface area contributed by atoms with Crippen molar-refractivity contribution in [1.82, 2.24) is 4.90 Å². The van der Waals surface area contributed by atoms with E-state index in [1.54, 1.807) is 0 Å². The third-order valence-corrected chi connectivity index (χ3v) is 3.59. The fourth-order valence-electron chi connectivity index (χ4n) is 2.59. The molecule has 0 aliphatic carbocycles. The minimum Gasteiger partial charge on any atom is -0.300 e. The Hall–Kier alpha value is -0.550. The summed E-state index contributed by atoms with van der Waals surface area (Å²) in [6.45, 7) is 6.86. The summed E-state index contributed by atoms with van der Waals surface area (Å²) in [5.74, 6) is 0.939. The van der Waals surface area contributed by atoms with Crippen LogP contribution >= 0.6 is 0 Å². The van der Waals surface area contributed by atoms with E-state index in [0.717, 1.165) is 5.92 Å². The largest absolute Gasteiger partial charge is 0.300 e. The van der Waals surface area contributed by atoms with E-state index in [0.29, 0.717) is 12.5 Å². The second kappa shape index (κ2) is 6.85. The third-order valence-electron chi connectivity index (χ3n) is 3.59. The molecule has 1 saturated heterocycles. The van der Waals surface area contributed by atoms with Gasteiger partial charge in [-0.15, -0.1) is 0 Å². The van der Waals surface area contributed by atoms with Crippen LogP contribution in [0.2, 0.25) is 0 Å². The molecular weight excluding hydrogens is 184 g/mol. The molecule has 2 unspecified atom stereocenters. The van der Waals surface area contributed by atoms with Gasteiger partial charge in [-0.25, -0.2) is 0 Å². The molecule has 2 nitrogen and oxygen atoms in total. The van der Waals surface area contributed by atoms with Gasteiger partial charge in [0, 0.05) is 6.04 Å². The topological polar surface area (TPSA) is 27.0 Å². The zero-order valence-electron chi connectivity index (χ0n) is 10.2. The van der Waals surface area contributed by atoms with Crippen LogP contribution < -0.4 is 0 Å². The maximum Gasteiger partial charge on any atom is 0.0638 e. The molecule has 0 amide bonds. The molecule has 0 saturated carbocycles. The molecule has 0 aromatic rings. The first kappa shape index (κ1) is 12.5. The lowest BCUT2D eigenvalue weighted by molar-refractivity contribution is 0.216. The van der Waals surface area contributed by atoms with Crippen molar-refractivity contribution in [1.29, 1.82) is 5.26 Å². The Balaban J connectivity index is 2.35. The molecule has 2 heteroatoms. The zero-order valence-corrected chi connectivity index (χ0v) is 10.2. The van der Waals surface area contributed by atoms with Gasteiger partial charge in [-0.1, -0.05) is 19.8 Å². The van der Waals surface area contributed by atoms with Crippen LogP contribution in [0.5, 0.6) is 0 Å². The van der Waals surface area contributed by atoms with Crippen molar-refractivity contribution in [3.63, 3.8) is 0 Å². The minimum atomic E-state index is 0.454. The highest BCUT2D eigenvalue weighted by atomic mass is 15.1. The van der Waals surface area contributed by atoms with E-state index in [1.165, 1.54) is 45.2 Å². The van der Waals surface area contributed by atoms with Crippen LogP contribution in [0.15, 0.2) is 0 Å². The van der Waals surface area contributed by atoms with Crippen LogP contribution in [-0.4, -0.2) is 24.0 Å². The molecule has 0 bridgehead atoms. The molecule has 0 N–H and O–H groups in total. The first-order valence-corrected chi connectivity index (χ1v) is 6.39. The molecule has 1 aliphatic heterocycles. The number of nitrogens with zero attached hydrogens (tertiary/aromatic N) is 2. The van der Waals surface area contributed by atoms with E-state index in [-0.39, 0.29) is 0 Å². The van der Waals surface area contributed by atoms with Crippen molar-refractivity contribution < 1.29 is 0 Å². The highest BCUT2D eigenvalue weighted by molar-refractivity contribution is 4.81. The van der Waals surface area contributed by atoms with E-state index in [4.69, 9.17) is 5.26 Å². The van der Waals surface area contributed by atoms with Gasteiger partial charge in [-0.2, -0.15) is 5.26 Å². The Labute approximate surface area is 94.3 Å². The van der Waals surface area contributed by atoms with Crippen molar-refractivity contribution >= 4 is 0 Å². The van der Waals surface area contributed by atoms with Gasteiger partial charge in [0.15, 0.2) is 0 Å². The van der Waals surface area contributed by atoms with Crippen LogP contribution in [0.4, 0.5) is 0 Å². The fourth-order valence-corrected chi connectivity index (χ4v) is 2.59. The number of hydrogen-bond acceptors (Lipinski definition) is 2. The SMILES string of the molecule is CCCC1CCCN(C(C)CC#N)CC1. The molecular formula is C13H24N2. The first-order valence-electron chi connectivity index (χ1n) is 6.39. The summed E-state index contributed by atoms with van der Waals surface area (Å²) in [5, 5.41) is 8.70. The van der Waals surface area contributed by atoms with Crippen LogP contribution in [0.25, 0.3) is 0 Å². The van der Waals surface area contributed by atoms with Gasteiger partial charge in [-0.05, 0) is 45.2 Å². The van der Waals surface area contributed by atoms with Crippen molar-refractivity contribution in [3.05, 3.63) is 0 Å².